The molecule has 24 heavy (non-hydrogen) atoms. The van der Waals surface area contributed by atoms with E-state index < -0.39 is 0 Å². The quantitative estimate of drug-likeness (QED) is 0.851. The first-order valence-corrected chi connectivity index (χ1v) is 9.51. The van der Waals surface area contributed by atoms with Gasteiger partial charge in [0.25, 0.3) is 5.91 Å². The number of aromatic nitrogens is 2. The molecule has 1 saturated heterocycles. The summed E-state index contributed by atoms with van der Waals surface area (Å²) in [5.41, 5.74) is 3.20. The van der Waals surface area contributed by atoms with Gasteiger partial charge in [-0.2, -0.15) is 5.10 Å². The lowest BCUT2D eigenvalue weighted by Gasteiger charge is -2.33. The van der Waals surface area contributed by atoms with E-state index in [2.05, 4.69) is 30.9 Å². The van der Waals surface area contributed by atoms with Gasteiger partial charge < -0.3 is 9.80 Å². The van der Waals surface area contributed by atoms with Gasteiger partial charge in [-0.25, -0.2) is 0 Å². The van der Waals surface area contributed by atoms with Gasteiger partial charge in [0.15, 0.2) is 5.69 Å². The summed E-state index contributed by atoms with van der Waals surface area (Å²) < 4.78 is 1.95. The van der Waals surface area contributed by atoms with E-state index >= 15 is 0 Å². The number of carbonyl (C=O) groups excluding carboxylic acids is 1. The predicted octanol–water partition coefficient (Wildman–Crippen LogP) is 2.49. The van der Waals surface area contributed by atoms with E-state index in [1.165, 1.54) is 17.7 Å². The maximum atomic E-state index is 13.0. The fourth-order valence-corrected chi connectivity index (χ4v) is 4.29. The summed E-state index contributed by atoms with van der Waals surface area (Å²) in [5, 5.41) is 4.63. The van der Waals surface area contributed by atoms with E-state index in [4.69, 9.17) is 0 Å². The molecule has 0 saturated carbocycles. The lowest BCUT2D eigenvalue weighted by atomic mass is 9.90. The molecule has 5 heteroatoms. The Labute approximate surface area is 146 Å². The molecule has 1 aromatic heterocycles. The van der Waals surface area contributed by atoms with Gasteiger partial charge in [-0.3, -0.25) is 9.48 Å². The minimum absolute atomic E-state index is 0.152. The van der Waals surface area contributed by atoms with Crippen molar-refractivity contribution in [3.63, 3.8) is 0 Å². The number of fused-ring (bicyclic) bond motifs is 1. The van der Waals surface area contributed by atoms with Crippen LogP contribution in [0.5, 0.6) is 0 Å². The number of amides is 1. The largest absolute Gasteiger partial charge is 0.337 e. The average molecular weight is 332 g/mol. The minimum Gasteiger partial charge on any atom is -0.337 e. The molecule has 1 fully saturated rings. The third-order valence-corrected chi connectivity index (χ3v) is 5.55. The van der Waals surface area contributed by atoms with E-state index in [1.54, 1.807) is 0 Å². The lowest BCUT2D eigenvalue weighted by molar-refractivity contribution is 0.0715. The topological polar surface area (TPSA) is 41.4 Å². The summed E-state index contributed by atoms with van der Waals surface area (Å²) in [5.74, 6) is 0.818. The van der Waals surface area contributed by atoms with Crippen LogP contribution in [-0.2, 0) is 19.9 Å². The van der Waals surface area contributed by atoms with Crippen LogP contribution in [0, 0.1) is 5.92 Å². The molecule has 0 radical (unpaired) electrons. The predicted molar refractivity (Wildman–Crippen MR) is 96.2 cm³/mol. The lowest BCUT2D eigenvalue weighted by Crippen LogP contribution is -2.40. The summed E-state index contributed by atoms with van der Waals surface area (Å²) in [7, 11) is 4.21. The summed E-state index contributed by atoms with van der Waals surface area (Å²) in [6.45, 7) is 7.41. The van der Waals surface area contributed by atoms with E-state index in [0.29, 0.717) is 12.0 Å². The van der Waals surface area contributed by atoms with Crippen LogP contribution >= 0.6 is 0 Å². The zero-order chi connectivity index (χ0) is 17.3. The second-order valence-corrected chi connectivity index (χ2v) is 7.98. The molecule has 2 aliphatic rings. The minimum atomic E-state index is 0.152. The second-order valence-electron chi connectivity index (χ2n) is 7.98. The van der Waals surface area contributed by atoms with Gasteiger partial charge in [0.2, 0.25) is 0 Å². The van der Waals surface area contributed by atoms with Crippen LogP contribution in [0.15, 0.2) is 0 Å². The van der Waals surface area contributed by atoms with Crippen molar-refractivity contribution in [2.45, 2.75) is 58.4 Å². The molecule has 2 heterocycles. The third kappa shape index (κ3) is 3.51. The highest BCUT2D eigenvalue weighted by Gasteiger charge is 2.32. The van der Waals surface area contributed by atoms with E-state index in [9.17, 15) is 4.79 Å². The zero-order valence-electron chi connectivity index (χ0n) is 15.7. The number of likely N-dealkylation sites (tertiary alicyclic amines) is 1. The number of piperidine rings is 1. The van der Waals surface area contributed by atoms with Gasteiger partial charge in [-0.05, 0) is 51.5 Å². The number of hydrogen-bond donors (Lipinski definition) is 0. The van der Waals surface area contributed by atoms with Crippen LogP contribution in [0.4, 0.5) is 0 Å². The Kier molecular flexibility index (Phi) is 5.28. The molecule has 1 aromatic rings. The highest BCUT2D eigenvalue weighted by molar-refractivity contribution is 5.94. The molecule has 1 amide bonds. The standard InChI is InChI=1S/C19H32N4O/c1-14(2)13-21(3)15-8-9-17-16(12-15)18(20-22(17)4)19(24)23-10-6-5-7-11-23/h14-15H,5-13H2,1-4H3. The molecule has 0 N–H and O–H groups in total. The SMILES string of the molecule is CC(C)CN(C)C1CCc2c(c(C(=O)N3CCCCC3)nn2C)C1. The van der Waals surface area contributed by atoms with Crippen LogP contribution in [-0.4, -0.2) is 58.2 Å². The highest BCUT2D eigenvalue weighted by atomic mass is 16.2. The number of likely N-dealkylation sites (N-methyl/N-ethyl adjacent to an activating group) is 1. The van der Waals surface area contributed by atoms with E-state index in [1.807, 2.05) is 16.6 Å². The Morgan fingerprint density at radius 3 is 2.67 bits per heavy atom. The fraction of sp³-hybridized carbons (Fsp3) is 0.789. The molecule has 0 aromatic carbocycles. The Balaban J connectivity index is 1.80. The molecule has 0 bridgehead atoms. The first kappa shape index (κ1) is 17.5. The molecule has 1 unspecified atom stereocenters. The van der Waals surface area contributed by atoms with E-state index in [-0.39, 0.29) is 5.91 Å². The summed E-state index contributed by atoms with van der Waals surface area (Å²) >= 11 is 0. The second kappa shape index (κ2) is 7.26. The van der Waals surface area contributed by atoms with Crippen LogP contribution < -0.4 is 0 Å². The van der Waals surface area contributed by atoms with Crippen molar-refractivity contribution in [2.75, 3.05) is 26.7 Å². The first-order chi connectivity index (χ1) is 11.5. The zero-order valence-corrected chi connectivity index (χ0v) is 15.7. The molecule has 0 spiro atoms. The summed E-state index contributed by atoms with van der Waals surface area (Å²) in [6, 6.07) is 0.525. The van der Waals surface area contributed by atoms with Crippen molar-refractivity contribution < 1.29 is 4.79 Å². The van der Waals surface area contributed by atoms with Crippen LogP contribution in [0.2, 0.25) is 0 Å². The molecule has 3 rings (SSSR count). The normalized spacial score (nSPS) is 21.4. The van der Waals surface area contributed by atoms with Crippen molar-refractivity contribution in [3.05, 3.63) is 17.0 Å². The van der Waals surface area contributed by atoms with Crippen molar-refractivity contribution in [1.82, 2.24) is 19.6 Å². The van der Waals surface area contributed by atoms with Crippen molar-refractivity contribution in [2.24, 2.45) is 13.0 Å². The summed E-state index contributed by atoms with van der Waals surface area (Å²) in [4.78, 5) is 17.5. The van der Waals surface area contributed by atoms with E-state index in [0.717, 1.165) is 57.4 Å². The van der Waals surface area contributed by atoms with Gasteiger partial charge in [0.1, 0.15) is 0 Å². The van der Waals surface area contributed by atoms with Crippen LogP contribution in [0.3, 0.4) is 0 Å². The molecule has 5 nitrogen and oxygen atoms in total. The molecule has 1 aliphatic heterocycles. The number of nitrogens with zero attached hydrogens (tertiary/aromatic N) is 4. The van der Waals surface area contributed by atoms with Crippen molar-refractivity contribution >= 4 is 5.91 Å². The molecular formula is C19H32N4O. The number of aryl methyl sites for hydroxylation is 1. The van der Waals surface area contributed by atoms with Gasteiger partial charge >= 0.3 is 0 Å². The molecule has 1 atom stereocenters. The maximum absolute atomic E-state index is 13.0. The summed E-state index contributed by atoms with van der Waals surface area (Å²) in [6.07, 6.45) is 6.64. The van der Waals surface area contributed by atoms with Crippen molar-refractivity contribution in [1.29, 1.82) is 0 Å². The first-order valence-electron chi connectivity index (χ1n) is 9.51. The molecule has 1 aliphatic carbocycles. The third-order valence-electron chi connectivity index (χ3n) is 5.55. The maximum Gasteiger partial charge on any atom is 0.274 e. The van der Waals surface area contributed by atoms with Crippen LogP contribution in [0.25, 0.3) is 0 Å². The fourth-order valence-electron chi connectivity index (χ4n) is 4.29. The average Bonchev–Trinajstić information content (AvgIpc) is 2.91. The van der Waals surface area contributed by atoms with Crippen LogP contribution in [0.1, 0.15) is 61.3 Å². The highest BCUT2D eigenvalue weighted by Crippen LogP contribution is 2.28. The number of carbonyl (C=O) groups is 1. The van der Waals surface area contributed by atoms with Gasteiger partial charge in [0, 0.05) is 44.0 Å². The van der Waals surface area contributed by atoms with Gasteiger partial charge in [-0.15, -0.1) is 0 Å². The van der Waals surface area contributed by atoms with Gasteiger partial charge in [-0.1, -0.05) is 13.8 Å². The monoisotopic (exact) mass is 332 g/mol. The smallest absolute Gasteiger partial charge is 0.274 e. The molecular weight excluding hydrogens is 300 g/mol. The Hall–Kier alpha value is -1.36. The Bertz CT molecular complexity index is 586. The number of hydrogen-bond acceptors (Lipinski definition) is 3. The van der Waals surface area contributed by atoms with Crippen molar-refractivity contribution in [3.8, 4) is 0 Å². The Morgan fingerprint density at radius 2 is 2.00 bits per heavy atom. The van der Waals surface area contributed by atoms with Gasteiger partial charge in [0.05, 0.1) is 0 Å². The number of rotatable bonds is 4. The molecule has 134 valence electrons. The Morgan fingerprint density at radius 1 is 1.29 bits per heavy atom.